The van der Waals surface area contributed by atoms with E-state index in [0.717, 1.165) is 11.8 Å². The molecule has 0 aliphatic carbocycles. The number of amides is 1. The summed E-state index contributed by atoms with van der Waals surface area (Å²) in [4.78, 5) is 21.6. The summed E-state index contributed by atoms with van der Waals surface area (Å²) in [6.07, 6.45) is 0. The summed E-state index contributed by atoms with van der Waals surface area (Å²) >= 11 is 1.15. The van der Waals surface area contributed by atoms with Gasteiger partial charge >= 0.3 is 5.97 Å². The van der Waals surface area contributed by atoms with Crippen molar-refractivity contribution in [1.82, 2.24) is 5.32 Å². The lowest BCUT2D eigenvalue weighted by molar-refractivity contribution is -0.133. The molecule has 80 valence electrons. The molecule has 0 saturated carbocycles. The highest BCUT2D eigenvalue weighted by molar-refractivity contribution is 7.99. The third-order valence-corrected chi connectivity index (χ3v) is 2.40. The van der Waals surface area contributed by atoms with Gasteiger partial charge in [-0.05, 0) is 12.1 Å². The molecule has 4 nitrogen and oxygen atoms in total. The van der Waals surface area contributed by atoms with E-state index in [2.05, 4.69) is 5.32 Å². The van der Waals surface area contributed by atoms with Gasteiger partial charge in [-0.2, -0.15) is 0 Å². The molecule has 1 aromatic rings. The number of carbonyl (C=O) groups is 2. The molecular weight excluding hydrogens is 214 g/mol. The second kappa shape index (κ2) is 6.08. The molecule has 0 bridgehead atoms. The van der Waals surface area contributed by atoms with Crippen LogP contribution in [0.2, 0.25) is 0 Å². The molecule has 1 aromatic carbocycles. The fourth-order valence-corrected chi connectivity index (χ4v) is 1.46. The second-order valence-corrected chi connectivity index (χ2v) is 3.74. The third-order valence-electron chi connectivity index (χ3n) is 1.60. The fourth-order valence-electron chi connectivity index (χ4n) is 0.947. The maximum Gasteiger partial charge on any atom is 0.313 e. The van der Waals surface area contributed by atoms with Gasteiger partial charge in [0.25, 0.3) is 5.91 Å². The first kappa shape index (κ1) is 11.6. The lowest BCUT2D eigenvalue weighted by Gasteiger charge is -2.03. The average molecular weight is 225 g/mol. The van der Waals surface area contributed by atoms with Gasteiger partial charge in [-0.1, -0.05) is 18.2 Å². The summed E-state index contributed by atoms with van der Waals surface area (Å²) in [7, 11) is 0. The van der Waals surface area contributed by atoms with E-state index in [-0.39, 0.29) is 11.7 Å². The van der Waals surface area contributed by atoms with Crippen molar-refractivity contribution in [3.05, 3.63) is 35.9 Å². The van der Waals surface area contributed by atoms with Gasteiger partial charge < -0.3 is 10.4 Å². The van der Waals surface area contributed by atoms with Gasteiger partial charge in [0.05, 0.1) is 11.6 Å². The Morgan fingerprint density at radius 3 is 2.53 bits per heavy atom. The maximum absolute atomic E-state index is 11.4. The van der Waals surface area contributed by atoms with Crippen LogP contribution >= 0.6 is 11.8 Å². The van der Waals surface area contributed by atoms with E-state index in [4.69, 9.17) is 5.11 Å². The Hall–Kier alpha value is -1.49. The lowest BCUT2D eigenvalue weighted by Crippen LogP contribution is -2.23. The molecule has 0 fully saturated rings. The van der Waals surface area contributed by atoms with Gasteiger partial charge in [0.2, 0.25) is 0 Å². The van der Waals surface area contributed by atoms with Gasteiger partial charge in [0.15, 0.2) is 0 Å². The van der Waals surface area contributed by atoms with Crippen LogP contribution in [0.4, 0.5) is 0 Å². The molecule has 0 heterocycles. The molecule has 0 unspecified atom stereocenters. The number of rotatable bonds is 5. The summed E-state index contributed by atoms with van der Waals surface area (Å²) in [5, 5.41) is 11.0. The van der Waals surface area contributed by atoms with Crippen molar-refractivity contribution >= 4 is 23.6 Å². The van der Waals surface area contributed by atoms with E-state index < -0.39 is 5.97 Å². The molecule has 2 N–H and O–H groups in total. The summed E-state index contributed by atoms with van der Waals surface area (Å²) in [6, 6.07) is 8.79. The van der Waals surface area contributed by atoms with Crippen molar-refractivity contribution in [2.24, 2.45) is 0 Å². The monoisotopic (exact) mass is 225 g/mol. The molecule has 0 aliphatic heterocycles. The quantitative estimate of drug-likeness (QED) is 0.583. The number of carboxylic acid groups (broad SMARTS) is 1. The van der Waals surface area contributed by atoms with E-state index in [1.807, 2.05) is 6.07 Å². The van der Waals surface area contributed by atoms with Crippen molar-refractivity contribution in [3.63, 3.8) is 0 Å². The first-order valence-corrected chi connectivity index (χ1v) is 5.48. The highest BCUT2D eigenvalue weighted by atomic mass is 32.2. The van der Waals surface area contributed by atoms with E-state index in [1.165, 1.54) is 0 Å². The van der Waals surface area contributed by atoms with Gasteiger partial charge in [0, 0.05) is 5.56 Å². The second-order valence-electron chi connectivity index (χ2n) is 2.76. The minimum Gasteiger partial charge on any atom is -0.481 e. The Bertz CT molecular complexity index is 340. The van der Waals surface area contributed by atoms with Gasteiger partial charge in [-0.25, -0.2) is 0 Å². The number of carbonyl (C=O) groups excluding carboxylic acids is 1. The van der Waals surface area contributed by atoms with Crippen molar-refractivity contribution in [3.8, 4) is 0 Å². The smallest absolute Gasteiger partial charge is 0.313 e. The first-order valence-electron chi connectivity index (χ1n) is 4.33. The SMILES string of the molecule is O=C(O)CSCNC(=O)c1ccccc1. The highest BCUT2D eigenvalue weighted by Crippen LogP contribution is 2.00. The molecule has 0 aromatic heterocycles. The number of thioether (sulfide) groups is 1. The number of hydrogen-bond acceptors (Lipinski definition) is 3. The van der Waals surface area contributed by atoms with E-state index in [1.54, 1.807) is 24.3 Å². The van der Waals surface area contributed by atoms with Gasteiger partial charge in [-0.15, -0.1) is 11.8 Å². The number of benzene rings is 1. The zero-order chi connectivity index (χ0) is 11.1. The van der Waals surface area contributed by atoms with Crippen LogP contribution in [0.5, 0.6) is 0 Å². The Morgan fingerprint density at radius 2 is 1.93 bits per heavy atom. The van der Waals surface area contributed by atoms with Gasteiger partial charge in [0.1, 0.15) is 0 Å². The Kier molecular flexibility index (Phi) is 4.70. The van der Waals surface area contributed by atoms with Crippen LogP contribution in [-0.2, 0) is 4.79 Å². The molecule has 15 heavy (non-hydrogen) atoms. The standard InChI is InChI=1S/C10H11NO3S/c12-9(13)6-15-7-11-10(14)8-4-2-1-3-5-8/h1-5H,6-7H2,(H,11,14)(H,12,13). The number of aliphatic carboxylic acids is 1. The topological polar surface area (TPSA) is 66.4 Å². The zero-order valence-corrected chi connectivity index (χ0v) is 8.79. The normalized spacial score (nSPS) is 9.60. The molecule has 1 amide bonds. The molecule has 0 aliphatic rings. The minimum absolute atomic E-state index is 0.00489. The molecule has 1 rings (SSSR count). The van der Waals surface area contributed by atoms with Crippen molar-refractivity contribution in [2.75, 3.05) is 11.6 Å². The van der Waals surface area contributed by atoms with E-state index in [0.29, 0.717) is 11.4 Å². The van der Waals surface area contributed by atoms with Crippen LogP contribution in [-0.4, -0.2) is 28.6 Å². The van der Waals surface area contributed by atoms with Crippen LogP contribution in [0.3, 0.4) is 0 Å². The summed E-state index contributed by atoms with van der Waals surface area (Å²) in [6.45, 7) is 0. The lowest BCUT2D eigenvalue weighted by atomic mass is 10.2. The molecule has 0 saturated heterocycles. The average Bonchev–Trinajstić information content (AvgIpc) is 2.25. The summed E-state index contributed by atoms with van der Waals surface area (Å²) in [5.74, 6) is -0.766. The van der Waals surface area contributed by atoms with Crippen LogP contribution in [0.1, 0.15) is 10.4 Å². The molecule has 0 radical (unpaired) electrons. The molecular formula is C10H11NO3S. The van der Waals surface area contributed by atoms with Gasteiger partial charge in [-0.3, -0.25) is 9.59 Å². The maximum atomic E-state index is 11.4. The third kappa shape index (κ3) is 4.51. The Labute approximate surface area is 91.7 Å². The molecule has 5 heteroatoms. The Balaban J connectivity index is 2.28. The van der Waals surface area contributed by atoms with E-state index >= 15 is 0 Å². The first-order chi connectivity index (χ1) is 7.20. The Morgan fingerprint density at radius 1 is 1.27 bits per heavy atom. The summed E-state index contributed by atoms with van der Waals surface area (Å²) in [5.41, 5.74) is 0.577. The van der Waals surface area contributed by atoms with Crippen LogP contribution in [0.25, 0.3) is 0 Å². The fraction of sp³-hybridized carbons (Fsp3) is 0.200. The zero-order valence-electron chi connectivity index (χ0n) is 7.97. The predicted molar refractivity (Wildman–Crippen MR) is 58.9 cm³/mol. The molecule has 0 spiro atoms. The van der Waals surface area contributed by atoms with Crippen molar-refractivity contribution < 1.29 is 14.7 Å². The molecule has 0 atom stereocenters. The van der Waals surface area contributed by atoms with Crippen molar-refractivity contribution in [2.45, 2.75) is 0 Å². The van der Waals surface area contributed by atoms with Crippen LogP contribution < -0.4 is 5.32 Å². The number of hydrogen-bond donors (Lipinski definition) is 2. The number of nitrogens with one attached hydrogen (secondary N) is 1. The van der Waals surface area contributed by atoms with Crippen LogP contribution in [0, 0.1) is 0 Å². The predicted octanol–water partition coefficient (Wildman–Crippen LogP) is 1.19. The van der Waals surface area contributed by atoms with Crippen LogP contribution in [0.15, 0.2) is 30.3 Å². The van der Waals surface area contributed by atoms with E-state index in [9.17, 15) is 9.59 Å². The number of carboxylic acids is 1. The largest absolute Gasteiger partial charge is 0.481 e. The summed E-state index contributed by atoms with van der Waals surface area (Å²) < 4.78 is 0. The van der Waals surface area contributed by atoms with Crippen molar-refractivity contribution in [1.29, 1.82) is 0 Å². The minimum atomic E-state index is -0.881. The highest BCUT2D eigenvalue weighted by Gasteiger charge is 2.03.